The smallest absolute Gasteiger partial charge is 0.0295 e. The molecule has 0 aliphatic heterocycles. The molecule has 0 unspecified atom stereocenters. The Labute approximate surface area is 113 Å². The predicted molar refractivity (Wildman–Crippen MR) is 76.3 cm³/mol. The lowest BCUT2D eigenvalue weighted by Crippen LogP contribution is -2.46. The molecule has 4 fully saturated rings. The highest BCUT2D eigenvalue weighted by Crippen LogP contribution is 2.62. The Hall–Kier alpha value is 0. The second-order valence-corrected chi connectivity index (χ2v) is 8.30. The molecule has 4 aliphatic carbocycles. The Morgan fingerprint density at radius 3 is 2.50 bits per heavy atom. The third-order valence-electron chi connectivity index (χ3n) is 7.66. The second-order valence-electron chi connectivity index (χ2n) is 8.30. The summed E-state index contributed by atoms with van der Waals surface area (Å²) in [5.41, 5.74) is 0.767. The summed E-state index contributed by atoms with van der Waals surface area (Å²) < 4.78 is 0. The van der Waals surface area contributed by atoms with Gasteiger partial charge < -0.3 is 0 Å². The van der Waals surface area contributed by atoms with E-state index in [9.17, 15) is 0 Å². The molecule has 0 aromatic carbocycles. The Balaban J connectivity index is 1.59. The Morgan fingerprint density at radius 2 is 1.56 bits per heavy atom. The van der Waals surface area contributed by atoms with Gasteiger partial charge in [-0.05, 0) is 80.0 Å². The molecule has 0 spiro atoms. The van der Waals surface area contributed by atoms with Crippen LogP contribution in [0.1, 0.15) is 77.6 Å². The van der Waals surface area contributed by atoms with Gasteiger partial charge in [-0.1, -0.05) is 32.6 Å². The summed E-state index contributed by atoms with van der Waals surface area (Å²) >= 11 is 0. The molecule has 4 saturated carbocycles. The maximum atomic E-state index is 2.63. The van der Waals surface area contributed by atoms with E-state index in [1.807, 2.05) is 0 Å². The Morgan fingerprint density at radius 1 is 0.667 bits per heavy atom. The van der Waals surface area contributed by atoms with Crippen LogP contribution in [-0.4, -0.2) is 0 Å². The van der Waals surface area contributed by atoms with Crippen molar-refractivity contribution in [2.45, 2.75) is 77.6 Å². The molecule has 18 heavy (non-hydrogen) atoms. The van der Waals surface area contributed by atoms with Crippen LogP contribution >= 0.6 is 0 Å². The standard InChI is InChI=1S/C18H30/c1-18-11-4-7-17(18)16-9-8-13-5-2-3-6-14(13)15(16)10-12-18/h13-17H,2-12H2,1H3/t13-,14+,15+,16+,17-,18-/m0/s1. The fourth-order valence-electron chi connectivity index (χ4n) is 6.82. The minimum atomic E-state index is 0.767. The van der Waals surface area contributed by atoms with Crippen molar-refractivity contribution >= 4 is 0 Å². The molecule has 0 saturated heterocycles. The largest absolute Gasteiger partial charge is 0.0594 e. The lowest BCUT2D eigenvalue weighted by atomic mass is 9.51. The molecular formula is C18H30. The van der Waals surface area contributed by atoms with E-state index < -0.39 is 0 Å². The lowest BCUT2D eigenvalue weighted by molar-refractivity contribution is -0.0492. The predicted octanol–water partition coefficient (Wildman–Crippen LogP) is 5.42. The zero-order valence-corrected chi connectivity index (χ0v) is 12.2. The van der Waals surface area contributed by atoms with Crippen molar-refractivity contribution in [3.05, 3.63) is 0 Å². The van der Waals surface area contributed by atoms with Gasteiger partial charge in [0.2, 0.25) is 0 Å². The summed E-state index contributed by atoms with van der Waals surface area (Å²) in [5, 5.41) is 0. The van der Waals surface area contributed by atoms with Gasteiger partial charge in [-0.25, -0.2) is 0 Å². The minimum Gasteiger partial charge on any atom is -0.0594 e. The molecule has 102 valence electrons. The van der Waals surface area contributed by atoms with Crippen molar-refractivity contribution in [1.29, 1.82) is 0 Å². The normalized spacial score (nSPS) is 55.5. The fourth-order valence-corrected chi connectivity index (χ4v) is 6.82. The van der Waals surface area contributed by atoms with E-state index >= 15 is 0 Å². The molecular weight excluding hydrogens is 216 g/mol. The first-order valence-electron chi connectivity index (χ1n) is 8.78. The van der Waals surface area contributed by atoms with E-state index in [-0.39, 0.29) is 0 Å². The average Bonchev–Trinajstić information content (AvgIpc) is 2.80. The molecule has 4 aliphatic rings. The molecule has 0 amide bonds. The van der Waals surface area contributed by atoms with E-state index in [2.05, 4.69) is 6.92 Å². The van der Waals surface area contributed by atoms with E-state index in [4.69, 9.17) is 0 Å². The maximum absolute atomic E-state index is 2.63. The van der Waals surface area contributed by atoms with Crippen LogP contribution in [0, 0.1) is 35.0 Å². The average molecular weight is 246 g/mol. The summed E-state index contributed by atoms with van der Waals surface area (Å²) in [6.07, 6.45) is 17.3. The summed E-state index contributed by atoms with van der Waals surface area (Å²) in [6, 6.07) is 0. The molecule has 0 heterocycles. The van der Waals surface area contributed by atoms with Crippen molar-refractivity contribution in [3.8, 4) is 0 Å². The first-order chi connectivity index (χ1) is 8.78. The summed E-state index contributed by atoms with van der Waals surface area (Å²) in [4.78, 5) is 0. The van der Waals surface area contributed by atoms with Crippen LogP contribution < -0.4 is 0 Å². The third kappa shape index (κ3) is 1.63. The van der Waals surface area contributed by atoms with Crippen LogP contribution in [0.25, 0.3) is 0 Å². The van der Waals surface area contributed by atoms with Crippen LogP contribution in [0.5, 0.6) is 0 Å². The molecule has 0 N–H and O–H groups in total. The Kier molecular flexibility index (Phi) is 2.79. The Bertz CT molecular complexity index is 320. The molecule has 0 bridgehead atoms. The first-order valence-corrected chi connectivity index (χ1v) is 8.78. The zero-order chi connectivity index (χ0) is 12.2. The molecule has 6 atom stereocenters. The van der Waals surface area contributed by atoms with Gasteiger partial charge in [-0.15, -0.1) is 0 Å². The van der Waals surface area contributed by atoms with Crippen molar-refractivity contribution in [2.24, 2.45) is 35.0 Å². The van der Waals surface area contributed by atoms with Gasteiger partial charge in [0.05, 0.1) is 0 Å². The molecule has 0 nitrogen and oxygen atoms in total. The van der Waals surface area contributed by atoms with Crippen LogP contribution in [0.15, 0.2) is 0 Å². The zero-order valence-electron chi connectivity index (χ0n) is 12.2. The highest BCUT2D eigenvalue weighted by Gasteiger charge is 2.52. The van der Waals surface area contributed by atoms with Gasteiger partial charge in [-0.2, -0.15) is 0 Å². The summed E-state index contributed by atoms with van der Waals surface area (Å²) in [7, 11) is 0. The topological polar surface area (TPSA) is 0 Å². The van der Waals surface area contributed by atoms with Gasteiger partial charge in [0.1, 0.15) is 0 Å². The number of hydrogen-bond acceptors (Lipinski definition) is 0. The number of rotatable bonds is 0. The quantitative estimate of drug-likeness (QED) is 0.535. The monoisotopic (exact) mass is 246 g/mol. The van der Waals surface area contributed by atoms with Gasteiger partial charge >= 0.3 is 0 Å². The molecule has 4 rings (SSSR count). The van der Waals surface area contributed by atoms with Gasteiger partial charge in [-0.3, -0.25) is 0 Å². The summed E-state index contributed by atoms with van der Waals surface area (Å²) in [6.45, 7) is 2.63. The molecule has 0 heteroatoms. The highest BCUT2D eigenvalue weighted by molar-refractivity contribution is 5.02. The van der Waals surface area contributed by atoms with E-state index in [0.717, 1.165) is 35.0 Å². The molecule has 0 aromatic rings. The maximum Gasteiger partial charge on any atom is -0.0295 e. The van der Waals surface area contributed by atoms with E-state index in [1.165, 1.54) is 0 Å². The van der Waals surface area contributed by atoms with Gasteiger partial charge in [0.25, 0.3) is 0 Å². The summed E-state index contributed by atoms with van der Waals surface area (Å²) in [5.74, 6) is 5.72. The van der Waals surface area contributed by atoms with Crippen molar-refractivity contribution < 1.29 is 0 Å². The lowest BCUT2D eigenvalue weighted by Gasteiger charge is -2.54. The number of fused-ring (bicyclic) bond motifs is 5. The van der Waals surface area contributed by atoms with E-state index in [1.54, 1.807) is 70.6 Å². The SMILES string of the molecule is C[C@@]12CCC[C@H]1[C@@H]1CC[C@@H]3CCCC[C@H]3[C@H]1CC2. The van der Waals surface area contributed by atoms with Gasteiger partial charge in [0, 0.05) is 0 Å². The van der Waals surface area contributed by atoms with Crippen LogP contribution in [0.4, 0.5) is 0 Å². The van der Waals surface area contributed by atoms with Crippen molar-refractivity contribution in [1.82, 2.24) is 0 Å². The van der Waals surface area contributed by atoms with E-state index in [0.29, 0.717) is 0 Å². The van der Waals surface area contributed by atoms with Crippen LogP contribution in [0.2, 0.25) is 0 Å². The van der Waals surface area contributed by atoms with Crippen molar-refractivity contribution in [2.75, 3.05) is 0 Å². The van der Waals surface area contributed by atoms with Crippen molar-refractivity contribution in [3.63, 3.8) is 0 Å². The van der Waals surface area contributed by atoms with Crippen LogP contribution in [0.3, 0.4) is 0 Å². The first kappa shape index (κ1) is 11.8. The second kappa shape index (κ2) is 4.25. The van der Waals surface area contributed by atoms with Crippen LogP contribution in [-0.2, 0) is 0 Å². The highest BCUT2D eigenvalue weighted by atomic mass is 14.6. The fraction of sp³-hybridized carbons (Fsp3) is 1.00. The number of hydrogen-bond donors (Lipinski definition) is 0. The molecule has 0 aromatic heterocycles. The van der Waals surface area contributed by atoms with Gasteiger partial charge in [0.15, 0.2) is 0 Å². The minimum absolute atomic E-state index is 0.767. The third-order valence-corrected chi connectivity index (χ3v) is 7.66. The molecule has 0 radical (unpaired) electrons.